The molecule has 0 bridgehead atoms. The molecule has 96 valence electrons. The van der Waals surface area contributed by atoms with Gasteiger partial charge in [0.1, 0.15) is 6.04 Å². The number of nitrogens with zero attached hydrogens (tertiary/aromatic N) is 2. The molecular formula is C11H19N3O3. The van der Waals surface area contributed by atoms with E-state index in [-0.39, 0.29) is 6.61 Å². The molecule has 6 nitrogen and oxygen atoms in total. The van der Waals surface area contributed by atoms with Crippen LogP contribution in [0.2, 0.25) is 0 Å². The molecule has 0 saturated heterocycles. The minimum atomic E-state index is -0.909. The molecule has 1 rings (SSSR count). The fourth-order valence-electron chi connectivity index (χ4n) is 1.65. The maximum absolute atomic E-state index is 10.9. The lowest BCUT2D eigenvalue weighted by Crippen LogP contribution is -2.39. The molecule has 1 aromatic heterocycles. The van der Waals surface area contributed by atoms with E-state index in [2.05, 4.69) is 10.4 Å². The third kappa shape index (κ3) is 3.83. The van der Waals surface area contributed by atoms with Gasteiger partial charge < -0.3 is 9.84 Å². The molecule has 0 amide bonds. The molecule has 0 aromatic carbocycles. The number of carboxylic acid groups (broad SMARTS) is 1. The predicted molar refractivity (Wildman–Crippen MR) is 62.7 cm³/mol. The number of aryl methyl sites for hydroxylation is 2. The monoisotopic (exact) mass is 241 g/mol. The SMILES string of the molecule is CCc1nn(C)cc1CNC(COC)C(=O)O. The van der Waals surface area contributed by atoms with Crippen LogP contribution in [0.1, 0.15) is 18.2 Å². The number of aliphatic carboxylic acids is 1. The van der Waals surface area contributed by atoms with Crippen molar-refractivity contribution in [3.63, 3.8) is 0 Å². The minimum Gasteiger partial charge on any atom is -0.480 e. The molecule has 1 unspecified atom stereocenters. The van der Waals surface area contributed by atoms with Crippen molar-refractivity contribution in [3.05, 3.63) is 17.5 Å². The summed E-state index contributed by atoms with van der Waals surface area (Å²) in [4.78, 5) is 10.9. The standard InChI is InChI=1S/C11H19N3O3/c1-4-9-8(6-14(2)13-9)5-12-10(7-17-3)11(15)16/h6,10,12H,4-5,7H2,1-3H3,(H,15,16). The number of aromatic nitrogens is 2. The number of carboxylic acids is 1. The van der Waals surface area contributed by atoms with Crippen molar-refractivity contribution in [1.82, 2.24) is 15.1 Å². The Balaban J connectivity index is 2.61. The molecule has 0 spiro atoms. The highest BCUT2D eigenvalue weighted by molar-refractivity contribution is 5.73. The zero-order valence-electron chi connectivity index (χ0n) is 10.4. The zero-order valence-corrected chi connectivity index (χ0v) is 10.4. The van der Waals surface area contributed by atoms with Crippen molar-refractivity contribution in [1.29, 1.82) is 0 Å². The molecule has 0 fully saturated rings. The van der Waals surface area contributed by atoms with E-state index in [9.17, 15) is 4.79 Å². The third-order valence-corrected chi connectivity index (χ3v) is 2.50. The first-order valence-electron chi connectivity index (χ1n) is 5.55. The van der Waals surface area contributed by atoms with Crippen molar-refractivity contribution in [2.75, 3.05) is 13.7 Å². The van der Waals surface area contributed by atoms with Gasteiger partial charge in [-0.15, -0.1) is 0 Å². The van der Waals surface area contributed by atoms with E-state index in [0.29, 0.717) is 6.54 Å². The Labute approximate surface area is 101 Å². The van der Waals surface area contributed by atoms with E-state index >= 15 is 0 Å². The molecule has 1 atom stereocenters. The zero-order chi connectivity index (χ0) is 12.8. The number of ether oxygens (including phenoxy) is 1. The van der Waals surface area contributed by atoms with Crippen LogP contribution < -0.4 is 5.32 Å². The summed E-state index contributed by atoms with van der Waals surface area (Å²) in [7, 11) is 3.34. The van der Waals surface area contributed by atoms with Crippen molar-refractivity contribution in [3.8, 4) is 0 Å². The molecule has 1 aromatic rings. The lowest BCUT2D eigenvalue weighted by atomic mass is 10.2. The highest BCUT2D eigenvalue weighted by atomic mass is 16.5. The van der Waals surface area contributed by atoms with Gasteiger partial charge in [0.15, 0.2) is 0 Å². The van der Waals surface area contributed by atoms with Crippen LogP contribution in [0.5, 0.6) is 0 Å². The first kappa shape index (κ1) is 13.7. The molecule has 17 heavy (non-hydrogen) atoms. The van der Waals surface area contributed by atoms with Gasteiger partial charge in [0, 0.05) is 32.5 Å². The summed E-state index contributed by atoms with van der Waals surface area (Å²) in [5.74, 6) is -0.909. The van der Waals surface area contributed by atoms with Crippen molar-refractivity contribution in [2.24, 2.45) is 7.05 Å². The highest BCUT2D eigenvalue weighted by Gasteiger charge is 2.17. The van der Waals surface area contributed by atoms with Crippen LogP contribution in [0, 0.1) is 0 Å². The molecule has 6 heteroatoms. The normalized spacial score (nSPS) is 12.6. The van der Waals surface area contributed by atoms with Crippen LogP contribution in [0.3, 0.4) is 0 Å². The number of hydrogen-bond donors (Lipinski definition) is 2. The summed E-state index contributed by atoms with van der Waals surface area (Å²) < 4.78 is 6.59. The van der Waals surface area contributed by atoms with Crippen LogP contribution in [0.25, 0.3) is 0 Å². The van der Waals surface area contributed by atoms with E-state index < -0.39 is 12.0 Å². The molecule has 0 aliphatic heterocycles. The Bertz CT molecular complexity index is 376. The van der Waals surface area contributed by atoms with Gasteiger partial charge in [-0.3, -0.25) is 14.8 Å². The number of hydrogen-bond acceptors (Lipinski definition) is 4. The summed E-state index contributed by atoms with van der Waals surface area (Å²) in [6, 6.07) is -0.690. The first-order chi connectivity index (χ1) is 8.08. The summed E-state index contributed by atoms with van der Waals surface area (Å²) >= 11 is 0. The molecule has 0 aliphatic rings. The fourth-order valence-corrected chi connectivity index (χ4v) is 1.65. The summed E-state index contributed by atoms with van der Waals surface area (Å²) in [5, 5.41) is 16.2. The van der Waals surface area contributed by atoms with E-state index in [0.717, 1.165) is 17.7 Å². The Morgan fingerprint density at radius 1 is 1.71 bits per heavy atom. The molecule has 0 saturated carbocycles. The topological polar surface area (TPSA) is 76.4 Å². The number of rotatable bonds is 7. The smallest absolute Gasteiger partial charge is 0.323 e. The van der Waals surface area contributed by atoms with Gasteiger partial charge in [-0.2, -0.15) is 5.10 Å². The first-order valence-corrected chi connectivity index (χ1v) is 5.55. The van der Waals surface area contributed by atoms with Crippen molar-refractivity contribution in [2.45, 2.75) is 25.9 Å². The third-order valence-electron chi connectivity index (χ3n) is 2.50. The van der Waals surface area contributed by atoms with Gasteiger partial charge in [-0.05, 0) is 6.42 Å². The van der Waals surface area contributed by atoms with Crippen molar-refractivity contribution < 1.29 is 14.6 Å². The Morgan fingerprint density at radius 2 is 2.41 bits per heavy atom. The summed E-state index contributed by atoms with van der Waals surface area (Å²) in [5.41, 5.74) is 2.01. The Morgan fingerprint density at radius 3 is 2.94 bits per heavy atom. The second kappa shape index (κ2) is 6.36. The van der Waals surface area contributed by atoms with Crippen molar-refractivity contribution >= 4 is 5.97 Å². The lowest BCUT2D eigenvalue weighted by Gasteiger charge is -2.12. The van der Waals surface area contributed by atoms with Gasteiger partial charge in [0.05, 0.1) is 12.3 Å². The predicted octanol–water partition coefficient (Wildman–Crippen LogP) is 0.172. The summed E-state index contributed by atoms with van der Waals surface area (Å²) in [6.45, 7) is 2.66. The van der Waals surface area contributed by atoms with Gasteiger partial charge in [0.2, 0.25) is 0 Å². The summed E-state index contributed by atoms with van der Waals surface area (Å²) in [6.07, 6.45) is 2.73. The van der Waals surface area contributed by atoms with Crippen LogP contribution in [0.4, 0.5) is 0 Å². The van der Waals surface area contributed by atoms with E-state index in [4.69, 9.17) is 9.84 Å². The quantitative estimate of drug-likeness (QED) is 0.711. The van der Waals surface area contributed by atoms with Crippen LogP contribution in [-0.2, 0) is 29.5 Å². The van der Waals surface area contributed by atoms with Gasteiger partial charge >= 0.3 is 5.97 Å². The largest absolute Gasteiger partial charge is 0.480 e. The van der Waals surface area contributed by atoms with Crippen LogP contribution in [0.15, 0.2) is 6.20 Å². The molecule has 0 radical (unpaired) electrons. The second-order valence-electron chi connectivity index (χ2n) is 3.86. The molecular weight excluding hydrogens is 222 g/mol. The Kier molecular flexibility index (Phi) is 5.11. The van der Waals surface area contributed by atoms with Gasteiger partial charge in [-0.1, -0.05) is 6.92 Å². The van der Waals surface area contributed by atoms with Gasteiger partial charge in [0.25, 0.3) is 0 Å². The molecule has 0 aliphatic carbocycles. The van der Waals surface area contributed by atoms with Crippen LogP contribution >= 0.6 is 0 Å². The molecule has 1 heterocycles. The minimum absolute atomic E-state index is 0.150. The average molecular weight is 241 g/mol. The van der Waals surface area contributed by atoms with E-state index in [1.54, 1.807) is 4.68 Å². The lowest BCUT2D eigenvalue weighted by molar-refractivity contribution is -0.140. The van der Waals surface area contributed by atoms with Gasteiger partial charge in [-0.25, -0.2) is 0 Å². The van der Waals surface area contributed by atoms with E-state index in [1.807, 2.05) is 20.2 Å². The number of methoxy groups -OCH3 is 1. The fraction of sp³-hybridized carbons (Fsp3) is 0.636. The maximum atomic E-state index is 10.9. The number of nitrogens with one attached hydrogen (secondary N) is 1. The van der Waals surface area contributed by atoms with E-state index in [1.165, 1.54) is 7.11 Å². The van der Waals surface area contributed by atoms with Crippen LogP contribution in [-0.4, -0.2) is 40.6 Å². The Hall–Kier alpha value is -1.40. The average Bonchev–Trinajstić information content (AvgIpc) is 2.64. The highest BCUT2D eigenvalue weighted by Crippen LogP contribution is 2.07. The second-order valence-corrected chi connectivity index (χ2v) is 3.86. The maximum Gasteiger partial charge on any atom is 0.323 e. The molecule has 2 N–H and O–H groups in total. The number of carbonyl (C=O) groups is 1.